The van der Waals surface area contributed by atoms with Crippen molar-refractivity contribution in [1.82, 2.24) is 15.5 Å². The van der Waals surface area contributed by atoms with Crippen LogP contribution in [-0.2, 0) is 13.1 Å². The molecule has 0 saturated carbocycles. The van der Waals surface area contributed by atoms with E-state index in [1.54, 1.807) is 0 Å². The fourth-order valence-electron chi connectivity index (χ4n) is 3.51. The van der Waals surface area contributed by atoms with Crippen LogP contribution in [-0.4, -0.2) is 37.0 Å². The summed E-state index contributed by atoms with van der Waals surface area (Å²) in [6, 6.07) is 10.7. The number of aliphatic imine (C=N–C) groups is 1. The van der Waals surface area contributed by atoms with Gasteiger partial charge in [-0.3, -0.25) is 9.89 Å². The second kappa shape index (κ2) is 11.1. The smallest absolute Gasteiger partial charge is 0.191 e. The van der Waals surface area contributed by atoms with E-state index in [9.17, 15) is 0 Å². The molecule has 0 unspecified atom stereocenters. The average molecular weight is 517 g/mol. The summed E-state index contributed by atoms with van der Waals surface area (Å²) in [6.45, 7) is 7.83. The van der Waals surface area contributed by atoms with Crippen molar-refractivity contribution in [3.63, 3.8) is 0 Å². The van der Waals surface area contributed by atoms with Gasteiger partial charge in [-0.1, -0.05) is 23.7 Å². The first-order valence-electron chi connectivity index (χ1n) is 9.53. The Morgan fingerprint density at radius 3 is 2.46 bits per heavy atom. The SMILES string of the molecule is CN=C(NCc1cc(C)oc1C)NC1CCN(Cc2ccc(Cl)cc2)CC1.I. The Hall–Kier alpha value is -1.25. The Morgan fingerprint density at radius 1 is 1.21 bits per heavy atom. The van der Waals surface area contributed by atoms with E-state index in [1.807, 2.05) is 33.0 Å². The number of hydrogen-bond donors (Lipinski definition) is 2. The van der Waals surface area contributed by atoms with Crippen molar-refractivity contribution in [2.75, 3.05) is 20.1 Å². The fraction of sp³-hybridized carbons (Fsp3) is 0.476. The molecule has 1 aliphatic heterocycles. The molecule has 1 aromatic heterocycles. The first-order chi connectivity index (χ1) is 13.0. The molecule has 0 spiro atoms. The number of nitrogens with zero attached hydrogens (tertiary/aromatic N) is 2. The summed E-state index contributed by atoms with van der Waals surface area (Å²) in [5.41, 5.74) is 2.49. The summed E-state index contributed by atoms with van der Waals surface area (Å²) in [5, 5.41) is 7.75. The average Bonchev–Trinajstić information content (AvgIpc) is 2.99. The number of hydrogen-bond acceptors (Lipinski definition) is 3. The molecule has 1 fully saturated rings. The van der Waals surface area contributed by atoms with Crippen LogP contribution in [0.4, 0.5) is 0 Å². The molecule has 28 heavy (non-hydrogen) atoms. The van der Waals surface area contributed by atoms with E-state index in [0.29, 0.717) is 6.04 Å². The molecule has 7 heteroatoms. The van der Waals surface area contributed by atoms with Crippen LogP contribution in [0.5, 0.6) is 0 Å². The highest BCUT2D eigenvalue weighted by Crippen LogP contribution is 2.16. The lowest BCUT2D eigenvalue weighted by Crippen LogP contribution is -2.48. The summed E-state index contributed by atoms with van der Waals surface area (Å²) in [7, 11) is 1.82. The molecule has 0 radical (unpaired) electrons. The van der Waals surface area contributed by atoms with Crippen molar-refractivity contribution >= 4 is 41.5 Å². The summed E-state index contributed by atoms with van der Waals surface area (Å²) >= 11 is 5.97. The summed E-state index contributed by atoms with van der Waals surface area (Å²) in [5.74, 6) is 2.76. The van der Waals surface area contributed by atoms with Crippen LogP contribution in [0.3, 0.4) is 0 Å². The van der Waals surface area contributed by atoms with Gasteiger partial charge in [0.1, 0.15) is 11.5 Å². The maximum Gasteiger partial charge on any atom is 0.191 e. The van der Waals surface area contributed by atoms with Crippen LogP contribution in [0, 0.1) is 13.8 Å². The standard InChI is InChI=1S/C21H29ClN4O.HI/c1-15-12-18(16(2)27-15)13-24-21(23-3)25-20-8-10-26(11-9-20)14-17-4-6-19(22)7-5-17;/h4-7,12,20H,8-11,13-14H2,1-3H3,(H2,23,24,25);1H. The van der Waals surface area contributed by atoms with Gasteiger partial charge >= 0.3 is 0 Å². The number of nitrogens with one attached hydrogen (secondary N) is 2. The number of guanidine groups is 1. The Labute approximate surface area is 189 Å². The predicted molar refractivity (Wildman–Crippen MR) is 127 cm³/mol. The van der Waals surface area contributed by atoms with Gasteiger partial charge in [0.2, 0.25) is 0 Å². The third-order valence-electron chi connectivity index (χ3n) is 5.06. The van der Waals surface area contributed by atoms with Crippen LogP contribution < -0.4 is 10.6 Å². The topological polar surface area (TPSA) is 52.8 Å². The zero-order chi connectivity index (χ0) is 19.2. The third kappa shape index (κ3) is 6.67. The van der Waals surface area contributed by atoms with Crippen LogP contribution in [0.2, 0.25) is 5.02 Å². The summed E-state index contributed by atoms with van der Waals surface area (Å²) < 4.78 is 5.58. The molecular weight excluding hydrogens is 487 g/mol. The van der Waals surface area contributed by atoms with Crippen LogP contribution in [0.15, 0.2) is 39.7 Å². The van der Waals surface area contributed by atoms with Gasteiger partial charge in [0, 0.05) is 49.9 Å². The van der Waals surface area contributed by atoms with Gasteiger partial charge < -0.3 is 15.1 Å². The molecule has 0 aliphatic carbocycles. The Morgan fingerprint density at radius 2 is 1.89 bits per heavy atom. The highest BCUT2D eigenvalue weighted by molar-refractivity contribution is 14.0. The monoisotopic (exact) mass is 516 g/mol. The highest BCUT2D eigenvalue weighted by atomic mass is 127. The zero-order valence-corrected chi connectivity index (χ0v) is 19.9. The van der Waals surface area contributed by atoms with Crippen molar-refractivity contribution in [3.05, 3.63) is 58.0 Å². The van der Waals surface area contributed by atoms with Gasteiger partial charge in [0.25, 0.3) is 0 Å². The normalized spacial score (nSPS) is 15.9. The molecular formula is C21H30ClIN4O. The van der Waals surface area contributed by atoms with E-state index >= 15 is 0 Å². The molecule has 2 aromatic rings. The summed E-state index contributed by atoms with van der Waals surface area (Å²) in [6.07, 6.45) is 2.22. The van der Waals surface area contributed by atoms with Crippen molar-refractivity contribution in [2.45, 2.75) is 45.8 Å². The molecule has 2 N–H and O–H groups in total. The Kier molecular flexibility index (Phi) is 9.11. The molecule has 0 amide bonds. The minimum Gasteiger partial charge on any atom is -0.466 e. The molecule has 154 valence electrons. The number of rotatable bonds is 5. The zero-order valence-electron chi connectivity index (χ0n) is 16.8. The molecule has 5 nitrogen and oxygen atoms in total. The van der Waals surface area contributed by atoms with E-state index in [0.717, 1.165) is 61.5 Å². The number of likely N-dealkylation sites (tertiary alicyclic amines) is 1. The molecule has 0 bridgehead atoms. The van der Waals surface area contributed by atoms with Crippen LogP contribution >= 0.6 is 35.6 Å². The maximum absolute atomic E-state index is 5.97. The number of halogens is 2. The fourth-order valence-corrected chi connectivity index (χ4v) is 3.64. The molecule has 1 aromatic carbocycles. The first kappa shape index (κ1) is 23.0. The van der Waals surface area contributed by atoms with Crippen molar-refractivity contribution in [1.29, 1.82) is 0 Å². The number of aryl methyl sites for hydroxylation is 2. The van der Waals surface area contributed by atoms with E-state index < -0.39 is 0 Å². The quantitative estimate of drug-likeness (QED) is 0.349. The van der Waals surface area contributed by atoms with Crippen molar-refractivity contribution < 1.29 is 4.42 Å². The molecule has 1 aliphatic rings. The highest BCUT2D eigenvalue weighted by Gasteiger charge is 2.20. The second-order valence-electron chi connectivity index (χ2n) is 7.19. The van der Waals surface area contributed by atoms with E-state index in [4.69, 9.17) is 16.0 Å². The largest absolute Gasteiger partial charge is 0.466 e. The molecule has 3 rings (SSSR count). The Bertz CT molecular complexity index is 767. The Balaban J connectivity index is 0.00000280. The maximum atomic E-state index is 5.97. The van der Waals surface area contributed by atoms with Gasteiger partial charge in [-0.25, -0.2) is 0 Å². The minimum absolute atomic E-state index is 0. The first-order valence-corrected chi connectivity index (χ1v) is 9.91. The lowest BCUT2D eigenvalue weighted by atomic mass is 10.0. The van der Waals surface area contributed by atoms with Gasteiger partial charge in [-0.15, -0.1) is 24.0 Å². The lowest BCUT2D eigenvalue weighted by molar-refractivity contribution is 0.198. The van der Waals surface area contributed by atoms with Crippen LogP contribution in [0.25, 0.3) is 0 Å². The van der Waals surface area contributed by atoms with Crippen molar-refractivity contribution in [3.8, 4) is 0 Å². The number of benzene rings is 1. The molecule has 2 heterocycles. The lowest BCUT2D eigenvalue weighted by Gasteiger charge is -2.33. The second-order valence-corrected chi connectivity index (χ2v) is 7.62. The third-order valence-corrected chi connectivity index (χ3v) is 5.31. The van der Waals surface area contributed by atoms with Gasteiger partial charge in [0.05, 0.1) is 0 Å². The minimum atomic E-state index is 0. The molecule has 1 saturated heterocycles. The van der Waals surface area contributed by atoms with E-state index in [1.165, 1.54) is 11.1 Å². The molecule has 0 atom stereocenters. The van der Waals surface area contributed by atoms with E-state index in [2.05, 4.69) is 38.7 Å². The van der Waals surface area contributed by atoms with Gasteiger partial charge in [-0.2, -0.15) is 0 Å². The number of furan rings is 1. The number of piperidine rings is 1. The van der Waals surface area contributed by atoms with Gasteiger partial charge in [-0.05, 0) is 50.5 Å². The van der Waals surface area contributed by atoms with Gasteiger partial charge in [0.15, 0.2) is 5.96 Å². The predicted octanol–water partition coefficient (Wildman–Crippen LogP) is 4.50. The summed E-state index contributed by atoms with van der Waals surface area (Å²) in [4.78, 5) is 6.86. The van der Waals surface area contributed by atoms with Crippen molar-refractivity contribution in [2.24, 2.45) is 4.99 Å². The van der Waals surface area contributed by atoms with Crippen LogP contribution in [0.1, 0.15) is 35.5 Å². The van der Waals surface area contributed by atoms with E-state index in [-0.39, 0.29) is 24.0 Å².